The van der Waals surface area contributed by atoms with Gasteiger partial charge in [-0.1, -0.05) is 18.2 Å². The maximum atomic E-state index is 12.4. The summed E-state index contributed by atoms with van der Waals surface area (Å²) >= 11 is 0. The summed E-state index contributed by atoms with van der Waals surface area (Å²) in [6.07, 6.45) is -7.68. The molecule has 0 saturated carbocycles. The van der Waals surface area contributed by atoms with Crippen molar-refractivity contribution in [1.82, 2.24) is 0 Å². The Kier molecular flexibility index (Phi) is 5.15. The van der Waals surface area contributed by atoms with Crippen LogP contribution in [-0.2, 0) is 6.18 Å². The SMILES string of the molecule is Cl.NC(c1ccccc1C(F)(F)F)C(F)F. The van der Waals surface area contributed by atoms with Crippen molar-refractivity contribution < 1.29 is 22.0 Å². The maximum absolute atomic E-state index is 12.4. The highest BCUT2D eigenvalue weighted by Gasteiger charge is 2.35. The fraction of sp³-hybridized carbons (Fsp3) is 0.333. The van der Waals surface area contributed by atoms with Crippen molar-refractivity contribution in [3.8, 4) is 0 Å². The van der Waals surface area contributed by atoms with Crippen LogP contribution in [0.4, 0.5) is 22.0 Å². The van der Waals surface area contributed by atoms with Crippen LogP contribution in [-0.4, -0.2) is 6.43 Å². The molecule has 0 saturated heterocycles. The minimum Gasteiger partial charge on any atom is -0.319 e. The predicted molar refractivity (Wildman–Crippen MR) is 51.6 cm³/mol. The zero-order chi connectivity index (χ0) is 11.6. The van der Waals surface area contributed by atoms with Gasteiger partial charge < -0.3 is 5.73 Å². The number of halogens is 6. The van der Waals surface area contributed by atoms with E-state index < -0.39 is 29.8 Å². The third-order valence-electron chi connectivity index (χ3n) is 1.90. The lowest BCUT2D eigenvalue weighted by atomic mass is 10.0. The number of hydrogen-bond donors (Lipinski definition) is 1. The van der Waals surface area contributed by atoms with Gasteiger partial charge in [-0.3, -0.25) is 0 Å². The van der Waals surface area contributed by atoms with Crippen molar-refractivity contribution in [2.24, 2.45) is 5.73 Å². The van der Waals surface area contributed by atoms with E-state index in [1.54, 1.807) is 0 Å². The van der Waals surface area contributed by atoms with Crippen LogP contribution >= 0.6 is 12.4 Å². The Balaban J connectivity index is 0.00000225. The molecule has 0 aliphatic carbocycles. The number of alkyl halides is 5. The van der Waals surface area contributed by atoms with Crippen LogP contribution in [0.3, 0.4) is 0 Å². The van der Waals surface area contributed by atoms with Crippen LogP contribution in [0.1, 0.15) is 17.2 Å². The lowest BCUT2D eigenvalue weighted by Crippen LogP contribution is -2.23. The Bertz CT molecular complexity index is 339. The van der Waals surface area contributed by atoms with Gasteiger partial charge in [0.2, 0.25) is 0 Å². The average Bonchev–Trinajstić information content (AvgIpc) is 2.15. The van der Waals surface area contributed by atoms with E-state index in [4.69, 9.17) is 5.73 Å². The molecule has 1 aromatic carbocycles. The van der Waals surface area contributed by atoms with Crippen molar-refractivity contribution in [3.63, 3.8) is 0 Å². The molecule has 0 radical (unpaired) electrons. The monoisotopic (exact) mass is 261 g/mol. The summed E-state index contributed by atoms with van der Waals surface area (Å²) in [5, 5.41) is 0. The first-order chi connectivity index (χ1) is 6.84. The molecule has 0 bridgehead atoms. The Morgan fingerprint density at radius 1 is 1.06 bits per heavy atom. The van der Waals surface area contributed by atoms with E-state index in [9.17, 15) is 22.0 Å². The van der Waals surface area contributed by atoms with Crippen LogP contribution in [0.15, 0.2) is 24.3 Å². The third kappa shape index (κ3) is 3.31. The van der Waals surface area contributed by atoms with E-state index in [0.29, 0.717) is 0 Å². The molecular weight excluding hydrogens is 253 g/mol. The van der Waals surface area contributed by atoms with Gasteiger partial charge in [0.25, 0.3) is 6.43 Å². The number of benzene rings is 1. The molecule has 0 aliphatic heterocycles. The minimum absolute atomic E-state index is 0. The standard InChI is InChI=1S/C9H8F5N.ClH/c10-8(11)7(15)5-3-1-2-4-6(5)9(12,13)14;/h1-4,7-8H,15H2;1H. The summed E-state index contributed by atoms with van der Waals surface area (Å²) in [5.74, 6) is 0. The van der Waals surface area contributed by atoms with Crippen LogP contribution in [0.2, 0.25) is 0 Å². The molecule has 7 heteroatoms. The third-order valence-corrected chi connectivity index (χ3v) is 1.90. The number of nitrogens with two attached hydrogens (primary N) is 1. The Labute approximate surface area is 94.8 Å². The fourth-order valence-corrected chi connectivity index (χ4v) is 1.18. The quantitative estimate of drug-likeness (QED) is 0.812. The van der Waals surface area contributed by atoms with Gasteiger partial charge >= 0.3 is 6.18 Å². The Morgan fingerprint density at radius 2 is 1.56 bits per heavy atom. The van der Waals surface area contributed by atoms with Crippen molar-refractivity contribution in [1.29, 1.82) is 0 Å². The molecule has 0 aliphatic rings. The summed E-state index contributed by atoms with van der Waals surface area (Å²) in [5.41, 5.74) is 3.29. The van der Waals surface area contributed by atoms with Gasteiger partial charge in [0.1, 0.15) is 0 Å². The molecule has 0 heterocycles. The molecule has 1 atom stereocenters. The molecule has 1 nitrogen and oxygen atoms in total. The van der Waals surface area contributed by atoms with E-state index in [-0.39, 0.29) is 12.4 Å². The Hall–Kier alpha value is -0.880. The van der Waals surface area contributed by atoms with Gasteiger partial charge in [-0.05, 0) is 11.6 Å². The van der Waals surface area contributed by atoms with Gasteiger partial charge in [0.15, 0.2) is 0 Å². The topological polar surface area (TPSA) is 26.0 Å². The number of hydrogen-bond acceptors (Lipinski definition) is 1. The lowest BCUT2D eigenvalue weighted by molar-refractivity contribution is -0.138. The van der Waals surface area contributed by atoms with Crippen LogP contribution in [0.5, 0.6) is 0 Å². The highest BCUT2D eigenvalue weighted by Crippen LogP contribution is 2.35. The van der Waals surface area contributed by atoms with Gasteiger partial charge in [0, 0.05) is 0 Å². The summed E-state index contributed by atoms with van der Waals surface area (Å²) in [6.45, 7) is 0. The summed E-state index contributed by atoms with van der Waals surface area (Å²) in [4.78, 5) is 0. The van der Waals surface area contributed by atoms with Crippen LogP contribution < -0.4 is 5.73 Å². The normalized spacial score (nSPS) is 13.4. The molecule has 16 heavy (non-hydrogen) atoms. The van der Waals surface area contributed by atoms with Gasteiger partial charge in [-0.2, -0.15) is 13.2 Å². The molecule has 2 N–H and O–H groups in total. The summed E-state index contributed by atoms with van der Waals surface area (Å²) < 4.78 is 61.5. The van der Waals surface area contributed by atoms with Crippen molar-refractivity contribution in [2.45, 2.75) is 18.6 Å². The molecule has 1 aromatic rings. The van der Waals surface area contributed by atoms with Crippen LogP contribution in [0, 0.1) is 0 Å². The first-order valence-corrected chi connectivity index (χ1v) is 4.04. The molecular formula is C9H9ClF5N. The molecule has 0 aromatic heterocycles. The van der Waals surface area contributed by atoms with Crippen molar-refractivity contribution in [3.05, 3.63) is 35.4 Å². The van der Waals surface area contributed by atoms with E-state index in [0.717, 1.165) is 18.2 Å². The molecule has 0 spiro atoms. The summed E-state index contributed by atoms with van der Waals surface area (Å²) in [7, 11) is 0. The van der Waals surface area contributed by atoms with Gasteiger partial charge in [0.05, 0.1) is 11.6 Å². The van der Waals surface area contributed by atoms with Gasteiger partial charge in [-0.15, -0.1) is 12.4 Å². The number of rotatable bonds is 2. The second-order valence-electron chi connectivity index (χ2n) is 2.95. The molecule has 1 unspecified atom stereocenters. The first kappa shape index (κ1) is 15.1. The first-order valence-electron chi connectivity index (χ1n) is 4.04. The Morgan fingerprint density at radius 3 is 2.00 bits per heavy atom. The maximum Gasteiger partial charge on any atom is 0.416 e. The highest BCUT2D eigenvalue weighted by molar-refractivity contribution is 5.85. The average molecular weight is 262 g/mol. The second-order valence-corrected chi connectivity index (χ2v) is 2.95. The molecule has 0 fully saturated rings. The predicted octanol–water partition coefficient (Wildman–Crippen LogP) is 3.39. The summed E-state index contributed by atoms with van der Waals surface area (Å²) in [6, 6.07) is 2.15. The lowest BCUT2D eigenvalue weighted by Gasteiger charge is -2.17. The van der Waals surface area contributed by atoms with E-state index in [1.165, 1.54) is 6.07 Å². The van der Waals surface area contributed by atoms with E-state index >= 15 is 0 Å². The second kappa shape index (κ2) is 5.45. The zero-order valence-corrected chi connectivity index (χ0v) is 8.66. The molecule has 1 rings (SSSR count). The van der Waals surface area contributed by atoms with Crippen LogP contribution in [0.25, 0.3) is 0 Å². The zero-order valence-electron chi connectivity index (χ0n) is 7.84. The molecule has 92 valence electrons. The van der Waals surface area contributed by atoms with Crippen molar-refractivity contribution >= 4 is 12.4 Å². The smallest absolute Gasteiger partial charge is 0.319 e. The largest absolute Gasteiger partial charge is 0.416 e. The fourth-order valence-electron chi connectivity index (χ4n) is 1.18. The van der Waals surface area contributed by atoms with E-state index in [2.05, 4.69) is 0 Å². The molecule has 0 amide bonds. The van der Waals surface area contributed by atoms with Gasteiger partial charge in [-0.25, -0.2) is 8.78 Å². The highest BCUT2D eigenvalue weighted by atomic mass is 35.5. The minimum atomic E-state index is -4.66. The van der Waals surface area contributed by atoms with Crippen molar-refractivity contribution in [2.75, 3.05) is 0 Å². The van der Waals surface area contributed by atoms with E-state index in [1.807, 2.05) is 0 Å².